The quantitative estimate of drug-likeness (QED) is 0.677. The summed E-state index contributed by atoms with van der Waals surface area (Å²) < 4.78 is 5.53. The third-order valence-electron chi connectivity index (χ3n) is 4.12. The molecule has 2 aromatic heterocycles. The Kier molecular flexibility index (Phi) is 5.37. The van der Waals surface area contributed by atoms with Crippen molar-refractivity contribution in [1.82, 2.24) is 9.97 Å². The molecule has 0 aliphatic carbocycles. The van der Waals surface area contributed by atoms with E-state index in [0.717, 1.165) is 37.8 Å². The highest BCUT2D eigenvalue weighted by Crippen LogP contribution is 2.41. The van der Waals surface area contributed by atoms with Crippen molar-refractivity contribution in [3.8, 4) is 16.9 Å². The van der Waals surface area contributed by atoms with E-state index < -0.39 is 5.97 Å². The summed E-state index contributed by atoms with van der Waals surface area (Å²) in [6, 6.07) is 7.99. The molecule has 26 heavy (non-hydrogen) atoms. The first-order chi connectivity index (χ1) is 12.5. The van der Waals surface area contributed by atoms with Crippen molar-refractivity contribution in [2.45, 2.75) is 20.3 Å². The van der Waals surface area contributed by atoms with Crippen LogP contribution in [0.2, 0.25) is 0 Å². The highest BCUT2D eigenvalue weighted by Gasteiger charge is 2.19. The molecule has 136 valence electrons. The van der Waals surface area contributed by atoms with Crippen molar-refractivity contribution >= 4 is 33.3 Å². The van der Waals surface area contributed by atoms with Crippen molar-refractivity contribution in [3.63, 3.8) is 0 Å². The van der Waals surface area contributed by atoms with Gasteiger partial charge in [-0.2, -0.15) is 0 Å². The summed E-state index contributed by atoms with van der Waals surface area (Å²) in [5.74, 6) is 0.767. The van der Waals surface area contributed by atoms with E-state index in [9.17, 15) is 4.79 Å². The number of carbonyl (C=O) groups is 1. The van der Waals surface area contributed by atoms with Crippen LogP contribution in [-0.4, -0.2) is 41.2 Å². The van der Waals surface area contributed by atoms with Gasteiger partial charge in [-0.3, -0.25) is 4.79 Å². The average Bonchev–Trinajstić information content (AvgIpc) is 2.96. The molecule has 7 heteroatoms. The van der Waals surface area contributed by atoms with E-state index >= 15 is 0 Å². The minimum absolute atomic E-state index is 0.0590. The molecule has 0 aliphatic rings. The lowest BCUT2D eigenvalue weighted by atomic mass is 10.0. The molecule has 0 bridgehead atoms. The normalized spacial score (nSPS) is 10.9. The topological polar surface area (TPSA) is 75.6 Å². The fourth-order valence-electron chi connectivity index (χ4n) is 2.92. The monoisotopic (exact) mass is 371 g/mol. The first-order valence-electron chi connectivity index (χ1n) is 8.41. The molecule has 0 saturated heterocycles. The van der Waals surface area contributed by atoms with E-state index in [1.165, 1.54) is 6.33 Å². The second-order valence-electron chi connectivity index (χ2n) is 5.93. The van der Waals surface area contributed by atoms with Gasteiger partial charge in [0.05, 0.1) is 18.4 Å². The van der Waals surface area contributed by atoms with Crippen molar-refractivity contribution in [2.24, 2.45) is 0 Å². The predicted molar refractivity (Wildman–Crippen MR) is 104 cm³/mol. The maximum atomic E-state index is 10.9. The Morgan fingerprint density at radius 3 is 2.65 bits per heavy atom. The zero-order valence-corrected chi connectivity index (χ0v) is 15.8. The predicted octanol–water partition coefficient (Wildman–Crippen LogP) is 3.98. The van der Waals surface area contributed by atoms with Crippen LogP contribution in [0.1, 0.15) is 18.2 Å². The number of aryl methyl sites for hydroxylation is 1. The van der Waals surface area contributed by atoms with Crippen LogP contribution >= 0.6 is 11.3 Å². The van der Waals surface area contributed by atoms with Gasteiger partial charge in [-0.15, -0.1) is 11.3 Å². The maximum absolute atomic E-state index is 10.9. The minimum Gasteiger partial charge on any atom is -0.494 e. The molecule has 0 spiro atoms. The summed E-state index contributed by atoms with van der Waals surface area (Å²) in [7, 11) is 1.86. The Bertz CT molecular complexity index is 922. The second-order valence-corrected chi connectivity index (χ2v) is 7.14. The number of ether oxygens (including phenoxy) is 1. The lowest BCUT2D eigenvalue weighted by Gasteiger charge is -2.18. The van der Waals surface area contributed by atoms with Crippen LogP contribution in [0, 0.1) is 6.92 Å². The zero-order valence-electron chi connectivity index (χ0n) is 15.0. The van der Waals surface area contributed by atoms with Gasteiger partial charge < -0.3 is 14.7 Å². The fraction of sp³-hybridized carbons (Fsp3) is 0.316. The van der Waals surface area contributed by atoms with E-state index in [1.807, 2.05) is 43.1 Å². The van der Waals surface area contributed by atoms with E-state index in [-0.39, 0.29) is 6.42 Å². The lowest BCUT2D eigenvalue weighted by molar-refractivity contribution is -0.136. The molecule has 0 atom stereocenters. The molecule has 1 aromatic carbocycles. The van der Waals surface area contributed by atoms with Crippen LogP contribution in [0.4, 0.5) is 5.82 Å². The number of rotatable bonds is 7. The SMILES string of the molecule is CCOc1ccc(-c2c(C)sc3ncnc(N(C)CCC(=O)O)c23)cc1. The molecule has 3 aromatic rings. The van der Waals surface area contributed by atoms with Crippen LogP contribution in [0.3, 0.4) is 0 Å². The summed E-state index contributed by atoms with van der Waals surface area (Å²) in [5.41, 5.74) is 2.16. The third-order valence-corrected chi connectivity index (χ3v) is 5.13. The van der Waals surface area contributed by atoms with Crippen molar-refractivity contribution in [3.05, 3.63) is 35.5 Å². The average molecular weight is 371 g/mol. The summed E-state index contributed by atoms with van der Waals surface area (Å²) in [6.45, 7) is 5.05. The van der Waals surface area contributed by atoms with Gasteiger partial charge in [-0.25, -0.2) is 9.97 Å². The fourth-order valence-corrected chi connectivity index (χ4v) is 3.93. The Labute approximate surface area is 156 Å². The van der Waals surface area contributed by atoms with E-state index in [0.29, 0.717) is 13.2 Å². The Balaban J connectivity index is 2.07. The number of aromatic nitrogens is 2. The summed E-state index contributed by atoms with van der Waals surface area (Å²) in [4.78, 5) is 23.7. The second kappa shape index (κ2) is 7.70. The summed E-state index contributed by atoms with van der Waals surface area (Å²) in [6.07, 6.45) is 1.59. The van der Waals surface area contributed by atoms with Gasteiger partial charge in [-0.1, -0.05) is 12.1 Å². The molecule has 0 fully saturated rings. The molecule has 0 radical (unpaired) electrons. The van der Waals surface area contributed by atoms with Gasteiger partial charge >= 0.3 is 5.97 Å². The van der Waals surface area contributed by atoms with Gasteiger partial charge in [0.15, 0.2) is 0 Å². The van der Waals surface area contributed by atoms with E-state index in [1.54, 1.807) is 11.3 Å². The number of benzene rings is 1. The standard InChI is InChI=1S/C19H21N3O3S/c1-4-25-14-7-5-13(6-8-14)16-12(2)26-19-17(16)18(20-11-21-19)22(3)10-9-15(23)24/h5-8,11H,4,9-10H2,1-3H3,(H,23,24). The molecule has 0 saturated carbocycles. The number of hydrogen-bond donors (Lipinski definition) is 1. The highest BCUT2D eigenvalue weighted by molar-refractivity contribution is 7.19. The van der Waals surface area contributed by atoms with Crippen molar-refractivity contribution in [2.75, 3.05) is 25.1 Å². The molecule has 0 aliphatic heterocycles. The van der Waals surface area contributed by atoms with Crippen LogP contribution in [0.25, 0.3) is 21.3 Å². The number of carboxylic acid groups (broad SMARTS) is 1. The lowest BCUT2D eigenvalue weighted by Crippen LogP contribution is -2.22. The van der Waals surface area contributed by atoms with Gasteiger partial charge in [0.25, 0.3) is 0 Å². The van der Waals surface area contributed by atoms with Gasteiger partial charge in [0.2, 0.25) is 0 Å². The van der Waals surface area contributed by atoms with Crippen LogP contribution in [-0.2, 0) is 4.79 Å². The zero-order chi connectivity index (χ0) is 18.7. The molecular weight excluding hydrogens is 350 g/mol. The molecule has 0 amide bonds. The highest BCUT2D eigenvalue weighted by atomic mass is 32.1. The first kappa shape index (κ1) is 18.1. The van der Waals surface area contributed by atoms with E-state index in [4.69, 9.17) is 9.84 Å². The van der Waals surface area contributed by atoms with Gasteiger partial charge in [-0.05, 0) is 31.5 Å². The van der Waals surface area contributed by atoms with Gasteiger partial charge in [0, 0.05) is 24.0 Å². The molecule has 6 nitrogen and oxygen atoms in total. The summed E-state index contributed by atoms with van der Waals surface area (Å²) >= 11 is 1.62. The Morgan fingerprint density at radius 2 is 2.00 bits per heavy atom. The van der Waals surface area contributed by atoms with Crippen molar-refractivity contribution < 1.29 is 14.6 Å². The molecule has 3 rings (SSSR count). The minimum atomic E-state index is -0.824. The molecule has 0 unspecified atom stereocenters. The molecular formula is C19H21N3O3S. The number of fused-ring (bicyclic) bond motifs is 1. The number of hydrogen-bond acceptors (Lipinski definition) is 6. The van der Waals surface area contributed by atoms with Crippen LogP contribution < -0.4 is 9.64 Å². The molecule has 1 N–H and O–H groups in total. The van der Waals surface area contributed by atoms with Gasteiger partial charge in [0.1, 0.15) is 22.7 Å². The Morgan fingerprint density at radius 1 is 1.27 bits per heavy atom. The van der Waals surface area contributed by atoms with Crippen molar-refractivity contribution in [1.29, 1.82) is 0 Å². The first-order valence-corrected chi connectivity index (χ1v) is 9.23. The number of aliphatic carboxylic acids is 1. The number of anilines is 1. The van der Waals surface area contributed by atoms with Crippen LogP contribution in [0.5, 0.6) is 5.75 Å². The number of thiophene rings is 1. The maximum Gasteiger partial charge on any atom is 0.305 e. The Hall–Kier alpha value is -2.67. The van der Waals surface area contributed by atoms with E-state index in [2.05, 4.69) is 16.9 Å². The van der Waals surface area contributed by atoms with Crippen LogP contribution in [0.15, 0.2) is 30.6 Å². The number of carboxylic acids is 1. The smallest absolute Gasteiger partial charge is 0.305 e. The number of nitrogens with zero attached hydrogens (tertiary/aromatic N) is 3. The third kappa shape index (κ3) is 3.62. The largest absolute Gasteiger partial charge is 0.494 e. The summed E-state index contributed by atoms with van der Waals surface area (Å²) in [5, 5.41) is 9.92. The molecule has 2 heterocycles.